The predicted octanol–water partition coefficient (Wildman–Crippen LogP) is 2.32. The van der Waals surface area contributed by atoms with E-state index in [1.54, 1.807) is 0 Å². The van der Waals surface area contributed by atoms with Gasteiger partial charge in [0.2, 0.25) is 0 Å². The van der Waals surface area contributed by atoms with Crippen molar-refractivity contribution < 1.29 is 0 Å². The van der Waals surface area contributed by atoms with E-state index in [0.29, 0.717) is 11.6 Å². The number of nitrogens with one attached hydrogen (secondary N) is 1. The van der Waals surface area contributed by atoms with Crippen LogP contribution in [0.1, 0.15) is 51.9 Å². The second kappa shape index (κ2) is 6.55. The van der Waals surface area contributed by atoms with Gasteiger partial charge in [0, 0.05) is 24.2 Å². The minimum Gasteiger partial charge on any atom is -0.314 e. The van der Waals surface area contributed by atoms with Crippen molar-refractivity contribution in [3.8, 4) is 0 Å². The SMILES string of the molecule is CC(CCCNC1CC1)N(C)CC1(N(C)C)CCC1. The fourth-order valence-corrected chi connectivity index (χ4v) is 3.16. The Morgan fingerprint density at radius 1 is 1.21 bits per heavy atom. The Morgan fingerprint density at radius 2 is 1.89 bits per heavy atom. The quantitative estimate of drug-likeness (QED) is 0.647. The summed E-state index contributed by atoms with van der Waals surface area (Å²) in [5.74, 6) is 0. The number of likely N-dealkylation sites (N-methyl/N-ethyl adjacent to an activating group) is 2. The predicted molar refractivity (Wildman–Crippen MR) is 82.6 cm³/mol. The zero-order valence-corrected chi connectivity index (χ0v) is 13.4. The van der Waals surface area contributed by atoms with Gasteiger partial charge in [-0.3, -0.25) is 0 Å². The molecule has 112 valence electrons. The molecule has 2 aliphatic rings. The van der Waals surface area contributed by atoms with Gasteiger partial charge in [-0.25, -0.2) is 0 Å². The first-order chi connectivity index (χ1) is 9.03. The van der Waals surface area contributed by atoms with Gasteiger partial charge in [0.1, 0.15) is 0 Å². The van der Waals surface area contributed by atoms with Gasteiger partial charge in [-0.1, -0.05) is 0 Å². The van der Waals surface area contributed by atoms with Gasteiger partial charge in [0.05, 0.1) is 0 Å². The summed E-state index contributed by atoms with van der Waals surface area (Å²) in [6, 6.07) is 1.57. The van der Waals surface area contributed by atoms with E-state index in [0.717, 1.165) is 6.04 Å². The van der Waals surface area contributed by atoms with E-state index in [1.165, 1.54) is 58.0 Å². The Kier molecular flexibility index (Phi) is 5.27. The Bertz CT molecular complexity index is 269. The molecule has 0 heterocycles. The summed E-state index contributed by atoms with van der Waals surface area (Å²) in [4.78, 5) is 5.03. The highest BCUT2D eigenvalue weighted by Crippen LogP contribution is 2.37. The molecule has 2 aliphatic carbocycles. The average Bonchev–Trinajstić information content (AvgIpc) is 3.12. The van der Waals surface area contributed by atoms with Gasteiger partial charge in [0.15, 0.2) is 0 Å². The van der Waals surface area contributed by atoms with Crippen molar-refractivity contribution in [2.75, 3.05) is 34.2 Å². The highest BCUT2D eigenvalue weighted by atomic mass is 15.2. The van der Waals surface area contributed by atoms with Crippen LogP contribution in [0.15, 0.2) is 0 Å². The number of hydrogen-bond donors (Lipinski definition) is 1. The van der Waals surface area contributed by atoms with E-state index in [-0.39, 0.29) is 0 Å². The summed E-state index contributed by atoms with van der Waals surface area (Å²) in [5.41, 5.74) is 0.468. The van der Waals surface area contributed by atoms with Crippen molar-refractivity contribution in [3.63, 3.8) is 0 Å². The second-order valence-corrected chi connectivity index (χ2v) is 7.11. The van der Waals surface area contributed by atoms with Crippen molar-refractivity contribution in [1.29, 1.82) is 0 Å². The van der Waals surface area contributed by atoms with Crippen LogP contribution in [0.5, 0.6) is 0 Å². The van der Waals surface area contributed by atoms with Crippen LogP contribution >= 0.6 is 0 Å². The maximum absolute atomic E-state index is 3.61. The van der Waals surface area contributed by atoms with Crippen LogP contribution in [-0.2, 0) is 0 Å². The first kappa shape index (κ1) is 15.3. The van der Waals surface area contributed by atoms with Gasteiger partial charge in [-0.2, -0.15) is 0 Å². The lowest BCUT2D eigenvalue weighted by Crippen LogP contribution is -2.57. The third-order valence-corrected chi connectivity index (χ3v) is 5.34. The Morgan fingerprint density at radius 3 is 2.37 bits per heavy atom. The number of hydrogen-bond acceptors (Lipinski definition) is 3. The molecule has 0 amide bonds. The molecular formula is C16H33N3. The van der Waals surface area contributed by atoms with E-state index in [1.807, 2.05) is 0 Å². The van der Waals surface area contributed by atoms with E-state index in [4.69, 9.17) is 0 Å². The standard InChI is InChI=1S/C16H33N3/c1-14(7-5-12-17-15-8-9-15)19(4)13-16(18(2)3)10-6-11-16/h14-15,17H,5-13H2,1-4H3. The van der Waals surface area contributed by atoms with E-state index < -0.39 is 0 Å². The molecule has 1 atom stereocenters. The number of nitrogens with zero attached hydrogens (tertiary/aromatic N) is 2. The fourth-order valence-electron chi connectivity index (χ4n) is 3.16. The smallest absolute Gasteiger partial charge is 0.0330 e. The first-order valence-electron chi connectivity index (χ1n) is 8.14. The summed E-state index contributed by atoms with van der Waals surface area (Å²) in [6.07, 6.45) is 9.60. The molecular weight excluding hydrogens is 234 g/mol. The van der Waals surface area contributed by atoms with Gasteiger partial charge in [0.25, 0.3) is 0 Å². The van der Waals surface area contributed by atoms with Crippen LogP contribution in [-0.4, -0.2) is 61.7 Å². The Balaban J connectivity index is 1.64. The lowest BCUT2D eigenvalue weighted by Gasteiger charge is -2.50. The molecule has 3 nitrogen and oxygen atoms in total. The third kappa shape index (κ3) is 4.17. The maximum atomic E-state index is 3.61. The van der Waals surface area contributed by atoms with Crippen LogP contribution in [0, 0.1) is 0 Å². The molecule has 1 N–H and O–H groups in total. The minimum absolute atomic E-state index is 0.468. The number of rotatable bonds is 9. The van der Waals surface area contributed by atoms with Gasteiger partial charge < -0.3 is 15.1 Å². The zero-order valence-electron chi connectivity index (χ0n) is 13.4. The van der Waals surface area contributed by atoms with Gasteiger partial charge in [-0.15, -0.1) is 0 Å². The lowest BCUT2D eigenvalue weighted by molar-refractivity contribution is 0.0170. The van der Waals surface area contributed by atoms with E-state index >= 15 is 0 Å². The van der Waals surface area contributed by atoms with Gasteiger partial charge in [-0.05, 0) is 79.6 Å². The summed E-state index contributed by atoms with van der Waals surface area (Å²) >= 11 is 0. The van der Waals surface area contributed by atoms with Crippen molar-refractivity contribution >= 4 is 0 Å². The fraction of sp³-hybridized carbons (Fsp3) is 1.00. The maximum Gasteiger partial charge on any atom is 0.0330 e. The summed E-state index contributed by atoms with van der Waals surface area (Å²) in [6.45, 7) is 4.83. The Hall–Kier alpha value is -0.120. The lowest BCUT2D eigenvalue weighted by atomic mass is 9.75. The molecule has 0 aliphatic heterocycles. The molecule has 0 bridgehead atoms. The van der Waals surface area contributed by atoms with Crippen molar-refractivity contribution in [3.05, 3.63) is 0 Å². The van der Waals surface area contributed by atoms with Crippen LogP contribution in [0.2, 0.25) is 0 Å². The topological polar surface area (TPSA) is 18.5 Å². The first-order valence-corrected chi connectivity index (χ1v) is 8.14. The van der Waals surface area contributed by atoms with Crippen LogP contribution < -0.4 is 5.32 Å². The van der Waals surface area contributed by atoms with Gasteiger partial charge >= 0.3 is 0 Å². The zero-order chi connectivity index (χ0) is 13.9. The molecule has 0 aromatic rings. The van der Waals surface area contributed by atoms with Crippen LogP contribution in [0.4, 0.5) is 0 Å². The van der Waals surface area contributed by atoms with Crippen LogP contribution in [0.25, 0.3) is 0 Å². The molecule has 1 unspecified atom stereocenters. The summed E-state index contributed by atoms with van der Waals surface area (Å²) in [5, 5.41) is 3.61. The van der Waals surface area contributed by atoms with E-state index in [2.05, 4.69) is 43.2 Å². The molecule has 3 heteroatoms. The molecule has 2 rings (SSSR count). The van der Waals surface area contributed by atoms with E-state index in [9.17, 15) is 0 Å². The molecule has 0 saturated heterocycles. The monoisotopic (exact) mass is 267 g/mol. The minimum atomic E-state index is 0.468. The average molecular weight is 267 g/mol. The second-order valence-electron chi connectivity index (χ2n) is 7.11. The van der Waals surface area contributed by atoms with Crippen molar-refractivity contribution in [1.82, 2.24) is 15.1 Å². The largest absolute Gasteiger partial charge is 0.314 e. The summed E-state index contributed by atoms with van der Waals surface area (Å²) in [7, 11) is 6.80. The highest BCUT2D eigenvalue weighted by molar-refractivity contribution is 4.98. The van der Waals surface area contributed by atoms with Crippen molar-refractivity contribution in [2.24, 2.45) is 0 Å². The molecule has 2 fully saturated rings. The highest BCUT2D eigenvalue weighted by Gasteiger charge is 2.40. The van der Waals surface area contributed by atoms with Crippen LogP contribution in [0.3, 0.4) is 0 Å². The molecule has 0 radical (unpaired) electrons. The third-order valence-electron chi connectivity index (χ3n) is 5.34. The molecule has 2 saturated carbocycles. The normalized spacial score (nSPS) is 23.7. The molecule has 0 aromatic carbocycles. The Labute approximate surface area is 119 Å². The summed E-state index contributed by atoms with van der Waals surface area (Å²) < 4.78 is 0. The molecule has 0 aromatic heterocycles. The molecule has 0 spiro atoms. The molecule has 19 heavy (non-hydrogen) atoms. The van der Waals surface area contributed by atoms with Crippen molar-refractivity contribution in [2.45, 2.75) is 69.5 Å².